The van der Waals surface area contributed by atoms with Crippen molar-refractivity contribution < 1.29 is 22.3 Å². The van der Waals surface area contributed by atoms with Gasteiger partial charge >= 0.3 is 0 Å². The number of anilines is 2. The molecule has 0 radical (unpaired) electrons. The molecule has 9 heteroatoms. The summed E-state index contributed by atoms with van der Waals surface area (Å²) in [6.45, 7) is 4.02. The van der Waals surface area contributed by atoms with Crippen molar-refractivity contribution in [3.8, 4) is 5.75 Å². The highest BCUT2D eigenvalue weighted by Gasteiger charge is 2.26. The summed E-state index contributed by atoms with van der Waals surface area (Å²) < 4.78 is 47.2. The molecule has 3 aromatic rings. The van der Waals surface area contributed by atoms with Gasteiger partial charge in [-0.25, -0.2) is 12.8 Å². The number of rotatable bonds is 6. The van der Waals surface area contributed by atoms with Crippen LogP contribution in [-0.2, 0) is 10.0 Å². The highest BCUT2D eigenvalue weighted by molar-refractivity contribution is 7.92. The van der Waals surface area contributed by atoms with E-state index in [-0.39, 0.29) is 27.9 Å². The number of aryl methyl sites for hydroxylation is 1. The third-order valence-corrected chi connectivity index (χ3v) is 7.17. The molecule has 0 atom stereocenters. The number of hydrogen-bond acceptors (Lipinski definition) is 5. The Bertz CT molecular complexity index is 1270. The van der Waals surface area contributed by atoms with E-state index in [9.17, 15) is 17.6 Å². The lowest BCUT2D eigenvalue weighted by Gasteiger charge is -2.36. The van der Waals surface area contributed by atoms with Gasteiger partial charge in [-0.15, -0.1) is 0 Å². The molecule has 1 saturated heterocycles. The van der Waals surface area contributed by atoms with E-state index in [1.807, 2.05) is 6.92 Å². The van der Waals surface area contributed by atoms with Crippen molar-refractivity contribution in [2.45, 2.75) is 11.8 Å². The van der Waals surface area contributed by atoms with Gasteiger partial charge in [0.25, 0.3) is 15.9 Å². The Hall–Kier alpha value is -3.59. The average Bonchev–Trinajstić information content (AvgIpc) is 2.85. The van der Waals surface area contributed by atoms with Gasteiger partial charge in [-0.3, -0.25) is 9.52 Å². The van der Waals surface area contributed by atoms with Crippen LogP contribution >= 0.6 is 0 Å². The maximum absolute atomic E-state index is 13.2. The fourth-order valence-electron chi connectivity index (χ4n) is 3.85. The molecule has 0 bridgehead atoms. The van der Waals surface area contributed by atoms with E-state index in [0.717, 1.165) is 11.3 Å². The number of benzene rings is 3. The second-order valence-electron chi connectivity index (χ2n) is 8.09. The van der Waals surface area contributed by atoms with Gasteiger partial charge in [-0.05, 0) is 61.5 Å². The lowest BCUT2D eigenvalue weighted by Crippen LogP contribution is -2.48. The van der Waals surface area contributed by atoms with Gasteiger partial charge in [0.2, 0.25) is 0 Å². The molecule has 0 unspecified atom stereocenters. The Kier molecular flexibility index (Phi) is 6.74. The first-order chi connectivity index (χ1) is 16.3. The van der Waals surface area contributed by atoms with Crippen LogP contribution in [0.2, 0.25) is 0 Å². The zero-order chi connectivity index (χ0) is 24.3. The third-order valence-electron chi connectivity index (χ3n) is 5.76. The Morgan fingerprint density at radius 3 is 2.21 bits per heavy atom. The summed E-state index contributed by atoms with van der Waals surface area (Å²) in [6, 6.07) is 17.6. The normalized spacial score (nSPS) is 14.1. The number of ether oxygens (including phenoxy) is 1. The molecule has 7 nitrogen and oxygen atoms in total. The zero-order valence-electron chi connectivity index (χ0n) is 19.0. The van der Waals surface area contributed by atoms with Crippen LogP contribution in [0.1, 0.15) is 15.9 Å². The summed E-state index contributed by atoms with van der Waals surface area (Å²) in [5.41, 5.74) is 2.59. The monoisotopic (exact) mass is 483 g/mol. The van der Waals surface area contributed by atoms with Gasteiger partial charge in [-0.1, -0.05) is 17.7 Å². The third kappa shape index (κ3) is 5.14. The Balaban J connectivity index is 1.51. The molecular weight excluding hydrogens is 457 g/mol. The minimum Gasteiger partial charge on any atom is -0.495 e. The van der Waals surface area contributed by atoms with Crippen LogP contribution in [-0.4, -0.2) is 52.5 Å². The first-order valence-electron chi connectivity index (χ1n) is 10.8. The van der Waals surface area contributed by atoms with Gasteiger partial charge in [0.05, 0.1) is 7.11 Å². The van der Waals surface area contributed by atoms with Crippen LogP contribution in [0.25, 0.3) is 0 Å². The predicted molar refractivity (Wildman–Crippen MR) is 129 cm³/mol. The number of methoxy groups -OCH3 is 1. The minimum absolute atomic E-state index is 0.105. The number of sulfonamides is 1. The van der Waals surface area contributed by atoms with Crippen molar-refractivity contribution in [1.29, 1.82) is 0 Å². The van der Waals surface area contributed by atoms with Crippen LogP contribution in [0.3, 0.4) is 0 Å². The highest BCUT2D eigenvalue weighted by atomic mass is 32.2. The van der Waals surface area contributed by atoms with E-state index in [1.165, 1.54) is 31.4 Å². The molecular formula is C25H26FN3O4S. The topological polar surface area (TPSA) is 79.0 Å². The Morgan fingerprint density at radius 2 is 1.59 bits per heavy atom. The number of carbonyl (C=O) groups is 1. The van der Waals surface area contributed by atoms with Crippen LogP contribution in [0, 0.1) is 12.7 Å². The Morgan fingerprint density at radius 1 is 0.941 bits per heavy atom. The smallest absolute Gasteiger partial charge is 0.265 e. The number of amides is 1. The molecule has 1 amide bonds. The number of halogens is 1. The highest BCUT2D eigenvalue weighted by Crippen LogP contribution is 2.28. The summed E-state index contributed by atoms with van der Waals surface area (Å²) in [6.07, 6.45) is 0. The first kappa shape index (κ1) is 23.6. The van der Waals surface area contributed by atoms with Gasteiger partial charge < -0.3 is 14.5 Å². The Labute approximate surface area is 198 Å². The first-order valence-corrected chi connectivity index (χ1v) is 12.3. The number of carbonyl (C=O) groups excluding carboxylic acids is 1. The van der Waals surface area contributed by atoms with Crippen molar-refractivity contribution in [1.82, 2.24) is 4.90 Å². The molecule has 178 valence electrons. The molecule has 1 N–H and O–H groups in total. The van der Waals surface area contributed by atoms with Gasteiger partial charge in [0.15, 0.2) is 0 Å². The van der Waals surface area contributed by atoms with E-state index in [1.54, 1.807) is 47.4 Å². The van der Waals surface area contributed by atoms with Crippen molar-refractivity contribution in [2.75, 3.05) is 42.9 Å². The van der Waals surface area contributed by atoms with E-state index >= 15 is 0 Å². The molecule has 0 spiro atoms. The molecule has 0 aliphatic carbocycles. The SMILES string of the molecule is COc1ccc(C(=O)N2CCN(c3ccc(F)cc3)CC2)cc1S(=O)(=O)Nc1ccc(C)cc1. The van der Waals surface area contributed by atoms with Gasteiger partial charge in [-0.2, -0.15) is 0 Å². The summed E-state index contributed by atoms with van der Waals surface area (Å²) in [5, 5.41) is 0. The molecule has 1 aliphatic heterocycles. The van der Waals surface area contributed by atoms with E-state index in [2.05, 4.69) is 9.62 Å². The van der Waals surface area contributed by atoms with Gasteiger partial charge in [0.1, 0.15) is 16.5 Å². The van der Waals surface area contributed by atoms with E-state index in [4.69, 9.17) is 4.74 Å². The molecule has 0 saturated carbocycles. The quantitative estimate of drug-likeness (QED) is 0.575. The minimum atomic E-state index is -3.99. The molecule has 34 heavy (non-hydrogen) atoms. The van der Waals surface area contributed by atoms with Crippen LogP contribution in [0.5, 0.6) is 5.75 Å². The summed E-state index contributed by atoms with van der Waals surface area (Å²) >= 11 is 0. The molecule has 4 rings (SSSR count). The number of piperazine rings is 1. The summed E-state index contributed by atoms with van der Waals surface area (Å²) in [5.74, 6) is -0.398. The standard InChI is InChI=1S/C25H26FN3O4S/c1-18-3-8-21(9-4-18)27-34(31,32)24-17-19(5-12-23(24)33-2)25(30)29-15-13-28(14-16-29)22-10-6-20(26)7-11-22/h3-12,17,27H,13-16H2,1-2H3. The zero-order valence-corrected chi connectivity index (χ0v) is 19.8. The average molecular weight is 484 g/mol. The number of nitrogens with one attached hydrogen (secondary N) is 1. The molecule has 1 heterocycles. The van der Waals surface area contributed by atoms with Crippen LogP contribution < -0.4 is 14.4 Å². The molecule has 3 aromatic carbocycles. The largest absolute Gasteiger partial charge is 0.495 e. The lowest BCUT2D eigenvalue weighted by molar-refractivity contribution is 0.0746. The van der Waals surface area contributed by atoms with Crippen LogP contribution in [0.4, 0.5) is 15.8 Å². The fourth-order valence-corrected chi connectivity index (χ4v) is 5.11. The number of hydrogen-bond donors (Lipinski definition) is 1. The molecule has 1 fully saturated rings. The van der Waals surface area contributed by atoms with Crippen molar-refractivity contribution in [3.05, 3.63) is 83.7 Å². The van der Waals surface area contributed by atoms with Crippen molar-refractivity contribution >= 4 is 27.3 Å². The second-order valence-corrected chi connectivity index (χ2v) is 9.74. The lowest BCUT2D eigenvalue weighted by atomic mass is 10.1. The summed E-state index contributed by atoms with van der Waals surface area (Å²) in [4.78, 5) is 16.8. The van der Waals surface area contributed by atoms with E-state index in [0.29, 0.717) is 31.9 Å². The van der Waals surface area contributed by atoms with Crippen LogP contribution in [0.15, 0.2) is 71.6 Å². The maximum atomic E-state index is 13.2. The van der Waals surface area contributed by atoms with Crippen molar-refractivity contribution in [2.24, 2.45) is 0 Å². The molecule has 0 aromatic heterocycles. The second kappa shape index (κ2) is 9.72. The molecule has 1 aliphatic rings. The fraction of sp³-hybridized carbons (Fsp3) is 0.240. The van der Waals surface area contributed by atoms with Gasteiger partial charge in [0, 0.05) is 43.1 Å². The summed E-state index contributed by atoms with van der Waals surface area (Å²) in [7, 11) is -2.60. The maximum Gasteiger partial charge on any atom is 0.265 e. The predicted octanol–water partition coefficient (Wildman–Crippen LogP) is 3.91. The van der Waals surface area contributed by atoms with E-state index < -0.39 is 10.0 Å². The van der Waals surface area contributed by atoms with Crippen molar-refractivity contribution in [3.63, 3.8) is 0 Å². The number of nitrogens with zero attached hydrogens (tertiary/aromatic N) is 2.